The van der Waals surface area contributed by atoms with Crippen molar-refractivity contribution in [3.63, 3.8) is 0 Å². The lowest BCUT2D eigenvalue weighted by molar-refractivity contribution is -0.139. The first-order valence-electron chi connectivity index (χ1n) is 6.50. The molecule has 8 heteroatoms. The Hall–Kier alpha value is -2.09. The smallest absolute Gasteiger partial charge is 0.326 e. The first-order valence-corrected chi connectivity index (χ1v) is 6.50. The number of imidazole rings is 1. The molecule has 1 saturated heterocycles. The molecule has 8 nitrogen and oxygen atoms in total. The van der Waals surface area contributed by atoms with E-state index in [4.69, 9.17) is 5.11 Å². The molecule has 2 atom stereocenters. The van der Waals surface area contributed by atoms with Crippen molar-refractivity contribution in [2.75, 3.05) is 13.1 Å². The van der Waals surface area contributed by atoms with Crippen LogP contribution in [0, 0.1) is 0 Å². The minimum absolute atomic E-state index is 0.136. The van der Waals surface area contributed by atoms with Crippen molar-refractivity contribution in [3.8, 4) is 0 Å². The molecule has 1 aliphatic rings. The molecule has 1 fully saturated rings. The van der Waals surface area contributed by atoms with Crippen molar-refractivity contribution in [1.29, 1.82) is 0 Å². The summed E-state index contributed by atoms with van der Waals surface area (Å²) in [5.74, 6) is -1.11. The molecule has 0 aromatic carbocycles. The predicted octanol–water partition coefficient (Wildman–Crippen LogP) is -0.428. The van der Waals surface area contributed by atoms with Crippen molar-refractivity contribution in [2.45, 2.75) is 31.4 Å². The van der Waals surface area contributed by atoms with Gasteiger partial charge in [0.2, 0.25) is 0 Å². The van der Waals surface area contributed by atoms with Crippen LogP contribution >= 0.6 is 0 Å². The van der Waals surface area contributed by atoms with Crippen LogP contribution in [0.5, 0.6) is 0 Å². The topological polar surface area (TPSA) is 119 Å². The minimum Gasteiger partial charge on any atom is -0.480 e. The molecule has 1 aromatic rings. The Morgan fingerprint density at radius 1 is 1.60 bits per heavy atom. The molecule has 0 radical (unpaired) electrons. The van der Waals surface area contributed by atoms with E-state index in [0.717, 1.165) is 0 Å². The highest BCUT2D eigenvalue weighted by Gasteiger charge is 2.26. The van der Waals surface area contributed by atoms with Crippen LogP contribution in [0.1, 0.15) is 18.5 Å². The standard InChI is InChI=1S/C12H18N4O4/c17-9-2-1-3-16(6-9)12(20)15-10(11(18)19)4-8-5-13-7-14-8/h5,7,9-10,17H,1-4,6H2,(H,13,14)(H,15,20)(H,18,19)/t9?,10-/m1/s1. The molecule has 1 aromatic heterocycles. The van der Waals surface area contributed by atoms with E-state index in [9.17, 15) is 14.7 Å². The number of β-amino-alcohol motifs (C(OH)–C–C–N with tert-alkyl or cyclic N) is 1. The number of aromatic nitrogens is 2. The Morgan fingerprint density at radius 3 is 3.00 bits per heavy atom. The molecule has 20 heavy (non-hydrogen) atoms. The lowest BCUT2D eigenvalue weighted by Crippen LogP contribution is -2.52. The number of carboxylic acids is 1. The molecule has 0 aliphatic carbocycles. The third kappa shape index (κ3) is 3.70. The number of nitrogens with one attached hydrogen (secondary N) is 2. The predicted molar refractivity (Wildman–Crippen MR) is 69.1 cm³/mol. The first-order chi connectivity index (χ1) is 9.56. The van der Waals surface area contributed by atoms with Gasteiger partial charge >= 0.3 is 12.0 Å². The van der Waals surface area contributed by atoms with Gasteiger partial charge in [-0.25, -0.2) is 14.6 Å². The fourth-order valence-corrected chi connectivity index (χ4v) is 2.20. The number of carbonyl (C=O) groups excluding carboxylic acids is 1. The number of hydrogen-bond donors (Lipinski definition) is 4. The Bertz CT molecular complexity index is 462. The molecule has 1 unspecified atom stereocenters. The number of H-pyrrole nitrogens is 1. The van der Waals surface area contributed by atoms with Crippen molar-refractivity contribution in [3.05, 3.63) is 18.2 Å². The summed E-state index contributed by atoms with van der Waals surface area (Å²) in [4.78, 5) is 31.2. The molecule has 4 N–H and O–H groups in total. The van der Waals surface area contributed by atoms with Gasteiger partial charge in [0.1, 0.15) is 6.04 Å². The summed E-state index contributed by atoms with van der Waals surface area (Å²) in [7, 11) is 0. The zero-order chi connectivity index (χ0) is 14.5. The highest BCUT2D eigenvalue weighted by atomic mass is 16.4. The number of carbonyl (C=O) groups is 2. The van der Waals surface area contributed by atoms with E-state index in [2.05, 4.69) is 15.3 Å². The van der Waals surface area contributed by atoms with E-state index < -0.39 is 24.1 Å². The van der Waals surface area contributed by atoms with Crippen LogP contribution in [0.3, 0.4) is 0 Å². The van der Waals surface area contributed by atoms with E-state index >= 15 is 0 Å². The molecular formula is C12H18N4O4. The lowest BCUT2D eigenvalue weighted by atomic mass is 10.1. The van der Waals surface area contributed by atoms with Crippen LogP contribution in [0.2, 0.25) is 0 Å². The van der Waals surface area contributed by atoms with Crippen molar-refractivity contribution in [2.24, 2.45) is 0 Å². The summed E-state index contributed by atoms with van der Waals surface area (Å²) in [6.45, 7) is 0.765. The fraction of sp³-hybridized carbons (Fsp3) is 0.583. The van der Waals surface area contributed by atoms with E-state index in [-0.39, 0.29) is 13.0 Å². The number of rotatable bonds is 4. The Balaban J connectivity index is 1.93. The number of piperidine rings is 1. The zero-order valence-corrected chi connectivity index (χ0v) is 11.0. The number of nitrogens with zero attached hydrogens (tertiary/aromatic N) is 2. The third-order valence-corrected chi connectivity index (χ3v) is 3.26. The molecule has 0 spiro atoms. The van der Waals surface area contributed by atoms with Crippen LogP contribution in [0.4, 0.5) is 4.79 Å². The molecule has 2 amide bonds. The number of carboxylic acid groups (broad SMARTS) is 1. The molecule has 0 bridgehead atoms. The number of amides is 2. The summed E-state index contributed by atoms with van der Waals surface area (Å²) < 4.78 is 0. The average molecular weight is 282 g/mol. The summed E-state index contributed by atoms with van der Waals surface area (Å²) >= 11 is 0. The summed E-state index contributed by atoms with van der Waals surface area (Å²) in [5.41, 5.74) is 0.636. The van der Waals surface area contributed by atoms with Gasteiger partial charge in [0, 0.05) is 31.4 Å². The third-order valence-electron chi connectivity index (χ3n) is 3.26. The second-order valence-electron chi connectivity index (χ2n) is 4.86. The quantitative estimate of drug-likeness (QED) is 0.597. The van der Waals surface area contributed by atoms with Crippen LogP contribution in [-0.2, 0) is 11.2 Å². The number of likely N-dealkylation sites (tertiary alicyclic amines) is 1. The van der Waals surface area contributed by atoms with Crippen LogP contribution in [-0.4, -0.2) is 62.3 Å². The van der Waals surface area contributed by atoms with Gasteiger partial charge in [0.25, 0.3) is 0 Å². The van der Waals surface area contributed by atoms with E-state index in [0.29, 0.717) is 25.1 Å². The van der Waals surface area contributed by atoms with Crippen molar-refractivity contribution < 1.29 is 19.8 Å². The summed E-state index contributed by atoms with van der Waals surface area (Å²) in [5, 5.41) is 21.2. The molecule has 2 rings (SSSR count). The monoisotopic (exact) mass is 282 g/mol. The highest BCUT2D eigenvalue weighted by molar-refractivity contribution is 5.82. The Labute approximate surface area is 115 Å². The molecule has 0 saturated carbocycles. The normalized spacial score (nSPS) is 20.4. The average Bonchev–Trinajstić information content (AvgIpc) is 2.90. The van der Waals surface area contributed by atoms with Gasteiger partial charge in [-0.1, -0.05) is 0 Å². The van der Waals surface area contributed by atoms with Gasteiger partial charge in [-0.15, -0.1) is 0 Å². The minimum atomic E-state index is -1.11. The fourth-order valence-electron chi connectivity index (χ4n) is 2.20. The largest absolute Gasteiger partial charge is 0.480 e. The number of hydrogen-bond acceptors (Lipinski definition) is 4. The number of aliphatic carboxylic acids is 1. The summed E-state index contributed by atoms with van der Waals surface area (Å²) in [6.07, 6.45) is 3.96. The zero-order valence-electron chi connectivity index (χ0n) is 11.0. The molecule has 1 aliphatic heterocycles. The second-order valence-corrected chi connectivity index (χ2v) is 4.86. The van der Waals surface area contributed by atoms with Crippen LogP contribution < -0.4 is 5.32 Å². The molecule has 2 heterocycles. The van der Waals surface area contributed by atoms with Gasteiger partial charge < -0.3 is 25.4 Å². The second kappa shape index (κ2) is 6.38. The van der Waals surface area contributed by atoms with Gasteiger partial charge in [-0.2, -0.15) is 0 Å². The van der Waals surface area contributed by atoms with Gasteiger partial charge in [0.05, 0.1) is 12.4 Å². The van der Waals surface area contributed by atoms with Gasteiger partial charge in [-0.05, 0) is 12.8 Å². The Kier molecular flexibility index (Phi) is 4.57. The highest BCUT2D eigenvalue weighted by Crippen LogP contribution is 2.10. The molecule has 110 valence electrons. The lowest BCUT2D eigenvalue weighted by Gasteiger charge is -2.31. The van der Waals surface area contributed by atoms with E-state index in [1.165, 1.54) is 17.4 Å². The van der Waals surface area contributed by atoms with Crippen LogP contribution in [0.25, 0.3) is 0 Å². The number of urea groups is 1. The van der Waals surface area contributed by atoms with Crippen LogP contribution in [0.15, 0.2) is 12.5 Å². The van der Waals surface area contributed by atoms with E-state index in [1.54, 1.807) is 0 Å². The Morgan fingerprint density at radius 2 is 2.40 bits per heavy atom. The van der Waals surface area contributed by atoms with Gasteiger partial charge in [0.15, 0.2) is 0 Å². The van der Waals surface area contributed by atoms with Crippen molar-refractivity contribution >= 4 is 12.0 Å². The number of aromatic amines is 1. The van der Waals surface area contributed by atoms with E-state index in [1.807, 2.05) is 0 Å². The van der Waals surface area contributed by atoms with Gasteiger partial charge in [-0.3, -0.25) is 0 Å². The molecular weight excluding hydrogens is 264 g/mol. The maximum atomic E-state index is 12.0. The number of aliphatic hydroxyl groups is 1. The number of aliphatic hydroxyl groups excluding tert-OH is 1. The SMILES string of the molecule is O=C(O)[C@@H](Cc1cnc[nH]1)NC(=O)N1CCCC(O)C1. The summed E-state index contributed by atoms with van der Waals surface area (Å²) in [6, 6.07) is -1.49. The maximum Gasteiger partial charge on any atom is 0.326 e. The van der Waals surface area contributed by atoms with Crippen molar-refractivity contribution in [1.82, 2.24) is 20.2 Å². The first kappa shape index (κ1) is 14.3. The maximum absolute atomic E-state index is 12.0.